The topological polar surface area (TPSA) is 80.3 Å². The summed E-state index contributed by atoms with van der Waals surface area (Å²) in [4.78, 5) is 20.0. The smallest absolute Gasteiger partial charge is 0.876 e. The molecule has 0 aliphatic rings. The molecule has 5 heteroatoms. The summed E-state index contributed by atoms with van der Waals surface area (Å²) in [7, 11) is 0. The van der Waals surface area contributed by atoms with Gasteiger partial charge in [0.2, 0.25) is 0 Å². The van der Waals surface area contributed by atoms with Crippen molar-refractivity contribution in [3.05, 3.63) is 23.7 Å². The van der Waals surface area contributed by atoms with Gasteiger partial charge in [0.05, 0.1) is 0 Å². The Labute approximate surface area is 104 Å². The molecule has 0 aliphatic carbocycles. The monoisotopic (exact) mass is 393 g/mol. The number of carbonyl (C=O) groups excluding carboxylic acids is 2. The van der Waals surface area contributed by atoms with Gasteiger partial charge in [-0.15, -0.1) is 11.5 Å². The molecule has 0 saturated carbocycles. The second kappa shape index (κ2) is 11.2. The Morgan fingerprint density at radius 1 is 0.800 bits per heavy atom. The largest absolute Gasteiger partial charge is 2.00 e. The third-order valence-electron chi connectivity index (χ3n) is 0.813. The van der Waals surface area contributed by atoms with E-state index in [0.29, 0.717) is 0 Å². The normalized spacial score (nSPS) is 10.7. The first kappa shape index (κ1) is 19.6. The Kier molecular flexibility index (Phi) is 14.6. The average molecular weight is 393 g/mol. The molecular weight excluding hydrogens is 379 g/mol. The summed E-state index contributed by atoms with van der Waals surface area (Å²) < 4.78 is 0. The first-order chi connectivity index (χ1) is 6.25. The van der Waals surface area contributed by atoms with Gasteiger partial charge in [0.25, 0.3) is 0 Å². The number of hydrogen-bond acceptors (Lipinski definition) is 4. The van der Waals surface area contributed by atoms with Gasteiger partial charge in [0, 0.05) is 0 Å². The molecule has 0 amide bonds. The van der Waals surface area contributed by atoms with Crippen molar-refractivity contribution in [1.29, 1.82) is 0 Å². The average Bonchev–Trinajstić information content (AvgIpc) is 1.79. The molecule has 0 rings (SSSR count). The molecule has 15 heavy (non-hydrogen) atoms. The molecule has 0 spiro atoms. The van der Waals surface area contributed by atoms with Crippen LogP contribution in [0.1, 0.15) is 27.7 Å². The van der Waals surface area contributed by atoms with E-state index in [4.69, 9.17) is 0 Å². The number of ketones is 2. The van der Waals surface area contributed by atoms with E-state index < -0.39 is 0 Å². The van der Waals surface area contributed by atoms with Gasteiger partial charge in [0.15, 0.2) is 11.6 Å². The van der Waals surface area contributed by atoms with Crippen LogP contribution in [-0.4, -0.2) is 11.6 Å². The zero-order chi connectivity index (χ0) is 11.7. The van der Waals surface area contributed by atoms with Crippen molar-refractivity contribution >= 4 is 11.6 Å². The third-order valence-corrected chi connectivity index (χ3v) is 0.813. The molecule has 0 radical (unpaired) electrons. The van der Waals surface area contributed by atoms with Gasteiger partial charge in [-0.2, -0.15) is 0 Å². The van der Waals surface area contributed by atoms with E-state index in [1.807, 2.05) is 0 Å². The first-order valence-corrected chi connectivity index (χ1v) is 3.97. The quantitative estimate of drug-likeness (QED) is 0.476. The zero-order valence-electron chi connectivity index (χ0n) is 9.10. The van der Waals surface area contributed by atoms with Gasteiger partial charge in [-0.05, 0) is 26.0 Å². The SMILES string of the molecule is CC(=O)/C=C(\C)[O-].CC(=O)/C=C(\C)[O-].[Pt+2]. The van der Waals surface area contributed by atoms with Gasteiger partial charge >= 0.3 is 21.1 Å². The van der Waals surface area contributed by atoms with Crippen LogP contribution in [0.25, 0.3) is 0 Å². The maximum absolute atomic E-state index is 9.98. The molecule has 0 aliphatic heterocycles. The van der Waals surface area contributed by atoms with Crippen LogP contribution in [0.5, 0.6) is 0 Å². The number of allylic oxidation sites excluding steroid dienone is 4. The van der Waals surface area contributed by atoms with Crippen molar-refractivity contribution in [3.8, 4) is 0 Å². The minimum atomic E-state index is -0.187. The van der Waals surface area contributed by atoms with E-state index in [1.165, 1.54) is 27.7 Å². The molecule has 0 aromatic heterocycles. The summed E-state index contributed by atoms with van der Waals surface area (Å²) in [6.45, 7) is 5.39. The fraction of sp³-hybridized carbons (Fsp3) is 0.400. The summed E-state index contributed by atoms with van der Waals surface area (Å²) in [5.41, 5.74) is 0. The van der Waals surface area contributed by atoms with Gasteiger partial charge in [-0.1, -0.05) is 13.8 Å². The molecule has 0 unspecified atom stereocenters. The van der Waals surface area contributed by atoms with Gasteiger partial charge in [0.1, 0.15) is 0 Å². The molecule has 0 saturated heterocycles. The van der Waals surface area contributed by atoms with Crippen LogP contribution in [0.4, 0.5) is 0 Å². The minimum absolute atomic E-state index is 0. The van der Waals surface area contributed by atoms with E-state index in [2.05, 4.69) is 0 Å². The van der Waals surface area contributed by atoms with Crippen LogP contribution in [0.2, 0.25) is 0 Å². The van der Waals surface area contributed by atoms with E-state index in [-0.39, 0.29) is 44.2 Å². The summed E-state index contributed by atoms with van der Waals surface area (Å²) in [5, 5.41) is 20.0. The summed E-state index contributed by atoms with van der Waals surface area (Å²) in [5.74, 6) is -0.750. The van der Waals surface area contributed by atoms with E-state index in [9.17, 15) is 19.8 Å². The van der Waals surface area contributed by atoms with Crippen LogP contribution < -0.4 is 10.2 Å². The third kappa shape index (κ3) is 32.0. The Morgan fingerprint density at radius 2 is 1.00 bits per heavy atom. The Morgan fingerprint density at radius 3 is 1.00 bits per heavy atom. The van der Waals surface area contributed by atoms with Crippen LogP contribution in [0.15, 0.2) is 23.7 Å². The molecule has 0 bridgehead atoms. The first-order valence-electron chi connectivity index (χ1n) is 3.97. The second-order valence-electron chi connectivity index (χ2n) is 2.73. The Bertz CT molecular complexity index is 231. The standard InChI is InChI=1S/2C5H8O2.Pt/c2*1-4(6)3-5(2)7;/h2*3,6H,1-2H3;/q;;+2/p-2/b2*4-3+;. The predicted molar refractivity (Wildman–Crippen MR) is 48.9 cm³/mol. The van der Waals surface area contributed by atoms with Crippen molar-refractivity contribution in [2.75, 3.05) is 0 Å². The molecule has 88 valence electrons. The summed E-state index contributed by atoms with van der Waals surface area (Å²) >= 11 is 0. The van der Waals surface area contributed by atoms with E-state index in [1.54, 1.807) is 0 Å². The molecule has 0 heterocycles. The van der Waals surface area contributed by atoms with Crippen molar-refractivity contribution in [2.45, 2.75) is 27.7 Å². The molecule has 4 nitrogen and oxygen atoms in total. The maximum atomic E-state index is 9.98. The summed E-state index contributed by atoms with van der Waals surface area (Å²) in [6, 6.07) is 0. The number of carbonyl (C=O) groups is 2. The molecule has 0 aromatic carbocycles. The minimum Gasteiger partial charge on any atom is -0.876 e. The molecule has 0 fully saturated rings. The predicted octanol–water partition coefficient (Wildman–Crippen LogP) is -0.324. The van der Waals surface area contributed by atoms with Crippen LogP contribution in [0, 0.1) is 0 Å². The number of hydrogen-bond donors (Lipinski definition) is 0. The van der Waals surface area contributed by atoms with E-state index >= 15 is 0 Å². The van der Waals surface area contributed by atoms with Crippen molar-refractivity contribution in [2.24, 2.45) is 0 Å². The fourth-order valence-corrected chi connectivity index (χ4v) is 0.572. The second-order valence-corrected chi connectivity index (χ2v) is 2.73. The van der Waals surface area contributed by atoms with Gasteiger partial charge in [-0.25, -0.2) is 0 Å². The Balaban J connectivity index is -0.000000180. The molecular formula is C10H14O4Pt. The maximum Gasteiger partial charge on any atom is 2.00 e. The zero-order valence-corrected chi connectivity index (χ0v) is 11.4. The molecule has 0 atom stereocenters. The number of rotatable bonds is 2. The summed E-state index contributed by atoms with van der Waals surface area (Å²) in [6.07, 6.45) is 2.11. The van der Waals surface area contributed by atoms with Crippen molar-refractivity contribution < 1.29 is 40.9 Å². The van der Waals surface area contributed by atoms with Gasteiger partial charge in [-0.3, -0.25) is 9.59 Å². The van der Waals surface area contributed by atoms with Crippen LogP contribution in [-0.2, 0) is 30.7 Å². The fourth-order valence-electron chi connectivity index (χ4n) is 0.572. The molecule has 0 aromatic rings. The van der Waals surface area contributed by atoms with Gasteiger partial charge < -0.3 is 10.2 Å². The molecule has 0 N–H and O–H groups in total. The van der Waals surface area contributed by atoms with Crippen molar-refractivity contribution in [1.82, 2.24) is 0 Å². The van der Waals surface area contributed by atoms with Crippen molar-refractivity contribution in [3.63, 3.8) is 0 Å². The van der Waals surface area contributed by atoms with Crippen LogP contribution in [0.3, 0.4) is 0 Å². The van der Waals surface area contributed by atoms with E-state index in [0.717, 1.165) is 12.2 Å². The Hall–Kier alpha value is -0.892. The van der Waals surface area contributed by atoms with Crippen LogP contribution >= 0.6 is 0 Å².